The summed E-state index contributed by atoms with van der Waals surface area (Å²) in [7, 11) is 1.71. The Labute approximate surface area is 128 Å². The molecular weight excluding hydrogens is 264 g/mol. The van der Waals surface area contributed by atoms with Crippen molar-refractivity contribution in [2.75, 3.05) is 20.3 Å². The first-order valence-electron chi connectivity index (χ1n) is 8.15. The first kappa shape index (κ1) is 16.5. The van der Waals surface area contributed by atoms with Gasteiger partial charge in [0.1, 0.15) is 5.76 Å². The average Bonchev–Trinajstić information content (AvgIpc) is 2.92. The number of rotatable bonds is 6. The Bertz CT molecular complexity index is 415. The SMILES string of the molecule is COCCNCc1ncc(C2CCC(C(C)(C)C)CC2)o1. The summed E-state index contributed by atoms with van der Waals surface area (Å²) in [5.74, 6) is 3.26. The van der Waals surface area contributed by atoms with Crippen molar-refractivity contribution in [3.63, 3.8) is 0 Å². The quantitative estimate of drug-likeness (QED) is 0.812. The third-order valence-corrected chi connectivity index (χ3v) is 4.68. The Kier molecular flexibility index (Phi) is 5.82. The van der Waals surface area contributed by atoms with E-state index in [0.29, 0.717) is 24.5 Å². The largest absolute Gasteiger partial charge is 0.444 e. The molecule has 0 aliphatic heterocycles. The summed E-state index contributed by atoms with van der Waals surface area (Å²) >= 11 is 0. The van der Waals surface area contributed by atoms with Gasteiger partial charge in [-0.3, -0.25) is 0 Å². The minimum Gasteiger partial charge on any atom is -0.444 e. The Morgan fingerprint density at radius 1 is 1.29 bits per heavy atom. The second kappa shape index (κ2) is 7.41. The highest BCUT2D eigenvalue weighted by Crippen LogP contribution is 2.43. The van der Waals surface area contributed by atoms with Crippen LogP contribution in [0.3, 0.4) is 0 Å². The van der Waals surface area contributed by atoms with Gasteiger partial charge in [0.2, 0.25) is 5.89 Å². The summed E-state index contributed by atoms with van der Waals surface area (Å²) in [5, 5.41) is 3.26. The van der Waals surface area contributed by atoms with Gasteiger partial charge < -0.3 is 14.5 Å². The number of nitrogens with one attached hydrogen (secondary N) is 1. The van der Waals surface area contributed by atoms with Gasteiger partial charge in [-0.25, -0.2) is 4.98 Å². The van der Waals surface area contributed by atoms with Crippen LogP contribution in [0.2, 0.25) is 0 Å². The average molecular weight is 294 g/mol. The number of hydrogen-bond donors (Lipinski definition) is 1. The fourth-order valence-electron chi connectivity index (χ4n) is 3.21. The fourth-order valence-corrected chi connectivity index (χ4v) is 3.21. The van der Waals surface area contributed by atoms with Crippen molar-refractivity contribution in [1.29, 1.82) is 0 Å². The van der Waals surface area contributed by atoms with Crippen molar-refractivity contribution in [1.82, 2.24) is 10.3 Å². The topological polar surface area (TPSA) is 47.3 Å². The molecule has 0 saturated heterocycles. The predicted molar refractivity (Wildman–Crippen MR) is 84.2 cm³/mol. The van der Waals surface area contributed by atoms with E-state index in [1.165, 1.54) is 25.7 Å². The molecule has 1 aromatic heterocycles. The molecule has 4 nitrogen and oxygen atoms in total. The van der Waals surface area contributed by atoms with E-state index in [1.807, 2.05) is 6.20 Å². The molecule has 4 heteroatoms. The molecule has 1 heterocycles. The number of ether oxygens (including phenoxy) is 1. The zero-order valence-corrected chi connectivity index (χ0v) is 13.9. The first-order chi connectivity index (χ1) is 10.0. The molecule has 0 radical (unpaired) electrons. The molecule has 1 aliphatic rings. The van der Waals surface area contributed by atoms with Gasteiger partial charge in [-0.2, -0.15) is 0 Å². The van der Waals surface area contributed by atoms with Gasteiger partial charge in [0.15, 0.2) is 0 Å². The smallest absolute Gasteiger partial charge is 0.208 e. The van der Waals surface area contributed by atoms with Crippen LogP contribution in [0, 0.1) is 11.3 Å². The van der Waals surface area contributed by atoms with Crippen LogP contribution in [-0.2, 0) is 11.3 Å². The van der Waals surface area contributed by atoms with E-state index in [-0.39, 0.29) is 0 Å². The standard InChI is InChI=1S/C17H30N2O2/c1-17(2,3)14-7-5-13(6-8-14)15-11-19-16(21-15)12-18-9-10-20-4/h11,13-14,18H,5-10,12H2,1-4H3. The molecule has 2 rings (SSSR count). The van der Waals surface area contributed by atoms with Gasteiger partial charge in [0, 0.05) is 19.6 Å². The van der Waals surface area contributed by atoms with Crippen LogP contribution in [0.4, 0.5) is 0 Å². The summed E-state index contributed by atoms with van der Waals surface area (Å²) in [5.41, 5.74) is 0.433. The zero-order chi connectivity index (χ0) is 15.3. The molecule has 0 amide bonds. The van der Waals surface area contributed by atoms with Gasteiger partial charge in [-0.05, 0) is 37.0 Å². The minimum atomic E-state index is 0.433. The molecule has 1 aliphatic carbocycles. The van der Waals surface area contributed by atoms with Gasteiger partial charge in [0.25, 0.3) is 0 Å². The molecule has 120 valence electrons. The van der Waals surface area contributed by atoms with E-state index < -0.39 is 0 Å². The molecule has 0 bridgehead atoms. The monoisotopic (exact) mass is 294 g/mol. The van der Waals surface area contributed by atoms with Crippen LogP contribution in [0.1, 0.15) is 64.0 Å². The Hall–Kier alpha value is -0.870. The van der Waals surface area contributed by atoms with Crippen LogP contribution in [-0.4, -0.2) is 25.2 Å². The minimum absolute atomic E-state index is 0.433. The van der Waals surface area contributed by atoms with Gasteiger partial charge in [-0.15, -0.1) is 0 Å². The van der Waals surface area contributed by atoms with Crippen molar-refractivity contribution < 1.29 is 9.15 Å². The summed E-state index contributed by atoms with van der Waals surface area (Å²) < 4.78 is 10.9. The second-order valence-electron chi connectivity index (χ2n) is 7.24. The molecular formula is C17H30N2O2. The Morgan fingerprint density at radius 3 is 2.62 bits per heavy atom. The lowest BCUT2D eigenvalue weighted by molar-refractivity contribution is 0.162. The van der Waals surface area contributed by atoms with Crippen LogP contribution in [0.25, 0.3) is 0 Å². The third-order valence-electron chi connectivity index (χ3n) is 4.68. The molecule has 0 atom stereocenters. The number of methoxy groups -OCH3 is 1. The summed E-state index contributed by atoms with van der Waals surface area (Å²) in [6.45, 7) is 9.29. The van der Waals surface area contributed by atoms with Gasteiger partial charge in [0.05, 0.1) is 19.3 Å². The number of hydrogen-bond acceptors (Lipinski definition) is 4. The van der Waals surface area contributed by atoms with Crippen molar-refractivity contribution in [2.45, 2.75) is 58.9 Å². The van der Waals surface area contributed by atoms with Crippen LogP contribution >= 0.6 is 0 Å². The third kappa shape index (κ3) is 4.82. The molecule has 1 saturated carbocycles. The first-order valence-corrected chi connectivity index (χ1v) is 8.15. The highest BCUT2D eigenvalue weighted by molar-refractivity contribution is 5.04. The molecule has 1 fully saturated rings. The molecule has 1 aromatic rings. The number of aromatic nitrogens is 1. The molecule has 21 heavy (non-hydrogen) atoms. The van der Waals surface area contributed by atoms with Crippen molar-refractivity contribution in [3.8, 4) is 0 Å². The van der Waals surface area contributed by atoms with Crippen LogP contribution in [0.15, 0.2) is 10.6 Å². The van der Waals surface area contributed by atoms with Crippen molar-refractivity contribution in [2.24, 2.45) is 11.3 Å². The summed E-state index contributed by atoms with van der Waals surface area (Å²) in [6.07, 6.45) is 6.99. The predicted octanol–water partition coefficient (Wildman–Crippen LogP) is 3.73. The van der Waals surface area contributed by atoms with E-state index in [9.17, 15) is 0 Å². The maximum absolute atomic E-state index is 5.91. The maximum atomic E-state index is 5.91. The normalized spacial score (nSPS) is 23.4. The van der Waals surface area contributed by atoms with E-state index in [2.05, 4.69) is 31.1 Å². The summed E-state index contributed by atoms with van der Waals surface area (Å²) in [6, 6.07) is 0. The lowest BCUT2D eigenvalue weighted by Crippen LogP contribution is -2.25. The Balaban J connectivity index is 1.80. The summed E-state index contributed by atoms with van der Waals surface area (Å²) in [4.78, 5) is 4.39. The molecule has 0 aromatic carbocycles. The van der Waals surface area contributed by atoms with Crippen LogP contribution < -0.4 is 5.32 Å². The molecule has 0 unspecified atom stereocenters. The van der Waals surface area contributed by atoms with Gasteiger partial charge in [-0.1, -0.05) is 20.8 Å². The van der Waals surface area contributed by atoms with E-state index >= 15 is 0 Å². The highest BCUT2D eigenvalue weighted by atomic mass is 16.5. The van der Waals surface area contributed by atoms with Crippen molar-refractivity contribution >= 4 is 0 Å². The second-order valence-corrected chi connectivity index (χ2v) is 7.24. The van der Waals surface area contributed by atoms with Crippen LogP contribution in [0.5, 0.6) is 0 Å². The lowest BCUT2D eigenvalue weighted by Gasteiger charge is -2.36. The fraction of sp³-hybridized carbons (Fsp3) is 0.824. The highest BCUT2D eigenvalue weighted by Gasteiger charge is 2.31. The van der Waals surface area contributed by atoms with Gasteiger partial charge >= 0.3 is 0 Å². The molecule has 0 spiro atoms. The molecule has 1 N–H and O–H groups in total. The Morgan fingerprint density at radius 2 is 2.00 bits per heavy atom. The van der Waals surface area contributed by atoms with E-state index in [1.54, 1.807) is 7.11 Å². The number of oxazole rings is 1. The van der Waals surface area contributed by atoms with E-state index in [4.69, 9.17) is 9.15 Å². The van der Waals surface area contributed by atoms with Crippen molar-refractivity contribution in [3.05, 3.63) is 17.8 Å². The number of nitrogens with zero attached hydrogens (tertiary/aromatic N) is 1. The lowest BCUT2D eigenvalue weighted by atomic mass is 9.69. The van der Waals surface area contributed by atoms with E-state index in [0.717, 1.165) is 24.1 Å². The zero-order valence-electron chi connectivity index (χ0n) is 13.9. The maximum Gasteiger partial charge on any atom is 0.208 e.